The summed E-state index contributed by atoms with van der Waals surface area (Å²) in [4.78, 5) is 19.4. The van der Waals surface area contributed by atoms with Crippen molar-refractivity contribution in [2.75, 3.05) is 13.1 Å². The van der Waals surface area contributed by atoms with Gasteiger partial charge in [-0.25, -0.2) is 4.98 Å². The van der Waals surface area contributed by atoms with Crippen LogP contribution in [0, 0.1) is 6.92 Å². The number of amides is 1. The maximum atomic E-state index is 13.0. The number of carbonyl (C=O) groups excluding carboxylic acids is 1. The second-order valence-corrected chi connectivity index (χ2v) is 7.10. The van der Waals surface area contributed by atoms with Crippen LogP contribution in [0.4, 0.5) is 0 Å². The smallest absolute Gasteiger partial charge is 0.242 e. The van der Waals surface area contributed by atoms with E-state index in [0.717, 1.165) is 42.1 Å². The predicted octanol–water partition coefficient (Wildman–Crippen LogP) is 1.37. The van der Waals surface area contributed by atoms with Crippen LogP contribution in [0.2, 0.25) is 0 Å². The summed E-state index contributed by atoms with van der Waals surface area (Å²) in [5.41, 5.74) is 1.90. The Labute approximate surface area is 157 Å². The summed E-state index contributed by atoms with van der Waals surface area (Å²) in [6, 6.07) is 7.89. The largest absolute Gasteiger partial charge is 0.388 e. The number of aliphatic hydroxyl groups is 1. The molecule has 27 heavy (non-hydrogen) atoms. The van der Waals surface area contributed by atoms with Crippen LogP contribution >= 0.6 is 0 Å². The number of likely N-dealkylation sites (tertiary alicyclic amines) is 1. The molecule has 8 nitrogen and oxygen atoms in total. The van der Waals surface area contributed by atoms with Crippen LogP contribution in [0.3, 0.4) is 0 Å². The van der Waals surface area contributed by atoms with E-state index in [1.165, 1.54) is 0 Å². The summed E-state index contributed by atoms with van der Waals surface area (Å²) in [5, 5.41) is 17.6. The van der Waals surface area contributed by atoms with E-state index in [0.29, 0.717) is 18.9 Å². The first kappa shape index (κ1) is 17.7. The number of aryl methyl sites for hydroxylation is 1. The second kappa shape index (κ2) is 7.11. The van der Waals surface area contributed by atoms with Gasteiger partial charge in [-0.1, -0.05) is 12.1 Å². The first-order valence-electron chi connectivity index (χ1n) is 9.27. The molecule has 2 aromatic heterocycles. The fourth-order valence-electron chi connectivity index (χ4n) is 3.91. The fourth-order valence-corrected chi connectivity index (χ4v) is 3.91. The summed E-state index contributed by atoms with van der Waals surface area (Å²) < 4.78 is 3.82. The molecule has 1 aliphatic rings. The molecule has 1 aliphatic heterocycles. The fraction of sp³-hybridized carbons (Fsp3) is 0.474. The van der Waals surface area contributed by atoms with Crippen molar-refractivity contribution < 1.29 is 9.90 Å². The van der Waals surface area contributed by atoms with Gasteiger partial charge in [-0.2, -0.15) is 0 Å². The molecule has 142 valence electrons. The lowest BCUT2D eigenvalue weighted by atomic mass is 9.97. The van der Waals surface area contributed by atoms with Crippen molar-refractivity contribution in [3.8, 4) is 0 Å². The molecule has 3 aromatic rings. The Kier molecular flexibility index (Phi) is 4.65. The number of nitrogens with zero attached hydrogens (tertiary/aromatic N) is 6. The zero-order valence-corrected chi connectivity index (χ0v) is 15.7. The van der Waals surface area contributed by atoms with E-state index in [1.807, 2.05) is 52.3 Å². The molecule has 3 heterocycles. The molecular formula is C19H24N6O2. The molecule has 1 aromatic carbocycles. The molecule has 1 amide bonds. The third-order valence-electron chi connectivity index (χ3n) is 5.42. The zero-order chi connectivity index (χ0) is 19.0. The Morgan fingerprint density at radius 3 is 2.89 bits per heavy atom. The lowest BCUT2D eigenvalue weighted by Gasteiger charge is -2.32. The molecule has 8 heteroatoms. The minimum atomic E-state index is -0.133. The number of hydrogen-bond donors (Lipinski definition) is 1. The maximum Gasteiger partial charge on any atom is 0.242 e. The number of carbonyl (C=O) groups is 1. The van der Waals surface area contributed by atoms with Crippen molar-refractivity contribution in [1.82, 2.24) is 29.2 Å². The summed E-state index contributed by atoms with van der Waals surface area (Å²) in [6.07, 6.45) is 1.90. The number of benzene rings is 1. The van der Waals surface area contributed by atoms with Crippen LogP contribution in [-0.2, 0) is 25.0 Å². The highest BCUT2D eigenvalue weighted by atomic mass is 16.3. The number of rotatable bonds is 4. The molecule has 0 radical (unpaired) electrons. The number of imidazole rings is 1. The Morgan fingerprint density at radius 1 is 1.30 bits per heavy atom. The molecule has 0 unspecified atom stereocenters. The molecule has 0 aliphatic carbocycles. The topological polar surface area (TPSA) is 89.1 Å². The monoisotopic (exact) mass is 368 g/mol. The first-order valence-corrected chi connectivity index (χ1v) is 9.27. The van der Waals surface area contributed by atoms with Gasteiger partial charge in [0.25, 0.3) is 0 Å². The lowest BCUT2D eigenvalue weighted by Crippen LogP contribution is -2.41. The van der Waals surface area contributed by atoms with Gasteiger partial charge in [0.05, 0.1) is 11.0 Å². The Balaban J connectivity index is 1.51. The van der Waals surface area contributed by atoms with Gasteiger partial charge in [-0.15, -0.1) is 10.2 Å². The van der Waals surface area contributed by atoms with E-state index >= 15 is 0 Å². The van der Waals surface area contributed by atoms with Gasteiger partial charge >= 0.3 is 0 Å². The second-order valence-electron chi connectivity index (χ2n) is 7.10. The number of hydrogen-bond acceptors (Lipinski definition) is 5. The molecule has 1 fully saturated rings. The Bertz CT molecular complexity index is 976. The summed E-state index contributed by atoms with van der Waals surface area (Å²) in [7, 11) is 1.86. The van der Waals surface area contributed by atoms with Crippen LogP contribution in [0.1, 0.15) is 36.2 Å². The average Bonchev–Trinajstić information content (AvgIpc) is 3.21. The molecule has 1 atom stereocenters. The van der Waals surface area contributed by atoms with Gasteiger partial charge in [0.2, 0.25) is 5.91 Å². The number of aliphatic hydroxyl groups excluding tert-OH is 1. The van der Waals surface area contributed by atoms with Crippen molar-refractivity contribution in [2.45, 2.75) is 38.8 Å². The summed E-state index contributed by atoms with van der Waals surface area (Å²) in [5.74, 6) is 2.46. The van der Waals surface area contributed by atoms with Gasteiger partial charge in [0.1, 0.15) is 24.8 Å². The zero-order valence-electron chi connectivity index (χ0n) is 15.7. The molecule has 0 saturated carbocycles. The van der Waals surface area contributed by atoms with Crippen LogP contribution in [0.25, 0.3) is 11.0 Å². The van der Waals surface area contributed by atoms with E-state index in [1.54, 1.807) is 0 Å². The quantitative estimate of drug-likeness (QED) is 0.751. The predicted molar refractivity (Wildman–Crippen MR) is 100.0 cm³/mol. The lowest BCUT2D eigenvalue weighted by molar-refractivity contribution is -0.133. The Hall–Kier alpha value is -2.74. The van der Waals surface area contributed by atoms with E-state index in [9.17, 15) is 9.90 Å². The average molecular weight is 368 g/mol. The van der Waals surface area contributed by atoms with Crippen LogP contribution in [-0.4, -0.2) is 53.3 Å². The molecule has 0 bridgehead atoms. The van der Waals surface area contributed by atoms with Crippen LogP contribution in [0.15, 0.2) is 24.3 Å². The highest BCUT2D eigenvalue weighted by molar-refractivity contribution is 5.81. The number of piperidine rings is 1. The third kappa shape index (κ3) is 3.21. The third-order valence-corrected chi connectivity index (χ3v) is 5.42. The number of para-hydroxylation sites is 2. The van der Waals surface area contributed by atoms with Gasteiger partial charge in [-0.05, 0) is 31.9 Å². The molecule has 1 N–H and O–H groups in total. The van der Waals surface area contributed by atoms with Gasteiger partial charge in [-0.3, -0.25) is 4.79 Å². The summed E-state index contributed by atoms with van der Waals surface area (Å²) >= 11 is 0. The van der Waals surface area contributed by atoms with Crippen molar-refractivity contribution in [2.24, 2.45) is 7.05 Å². The normalized spacial score (nSPS) is 17.6. The Morgan fingerprint density at radius 2 is 2.11 bits per heavy atom. The highest BCUT2D eigenvalue weighted by Crippen LogP contribution is 2.26. The van der Waals surface area contributed by atoms with E-state index in [2.05, 4.69) is 15.2 Å². The standard InChI is InChI=1S/C19H24N6O2/c1-13-20-15-7-3-4-8-16(15)25(13)11-18(27)24-9-5-6-14(10-24)19-22-21-17(12-26)23(19)2/h3-4,7-8,14,26H,5-6,9-12H2,1-2H3/t14-/m1/s1. The molecule has 0 spiro atoms. The minimum absolute atomic E-state index is 0.0931. The first-order chi connectivity index (χ1) is 13.1. The van der Waals surface area contributed by atoms with E-state index in [-0.39, 0.29) is 18.4 Å². The number of fused-ring (bicyclic) bond motifs is 1. The van der Waals surface area contributed by atoms with Crippen molar-refractivity contribution in [1.29, 1.82) is 0 Å². The number of aromatic nitrogens is 5. The minimum Gasteiger partial charge on any atom is -0.388 e. The summed E-state index contributed by atoms with van der Waals surface area (Å²) in [6.45, 7) is 3.47. The van der Waals surface area contributed by atoms with Crippen molar-refractivity contribution in [3.05, 3.63) is 41.7 Å². The van der Waals surface area contributed by atoms with Crippen LogP contribution < -0.4 is 0 Å². The molecule has 1 saturated heterocycles. The van der Waals surface area contributed by atoms with Gasteiger partial charge in [0.15, 0.2) is 5.82 Å². The van der Waals surface area contributed by atoms with Crippen LogP contribution in [0.5, 0.6) is 0 Å². The molecule has 4 rings (SSSR count). The van der Waals surface area contributed by atoms with Gasteiger partial charge in [0, 0.05) is 26.1 Å². The van der Waals surface area contributed by atoms with Gasteiger partial charge < -0.3 is 19.1 Å². The van der Waals surface area contributed by atoms with E-state index in [4.69, 9.17) is 0 Å². The maximum absolute atomic E-state index is 13.0. The SMILES string of the molecule is Cc1nc2ccccc2n1CC(=O)N1CCC[C@@H](c2nnc(CO)n2C)C1. The van der Waals surface area contributed by atoms with Crippen molar-refractivity contribution in [3.63, 3.8) is 0 Å². The molecular weight excluding hydrogens is 344 g/mol. The highest BCUT2D eigenvalue weighted by Gasteiger charge is 2.28. The van der Waals surface area contributed by atoms with E-state index < -0.39 is 0 Å². The van der Waals surface area contributed by atoms with Crippen molar-refractivity contribution >= 4 is 16.9 Å².